The van der Waals surface area contributed by atoms with E-state index in [4.69, 9.17) is 4.42 Å². The van der Waals surface area contributed by atoms with Crippen molar-refractivity contribution in [1.82, 2.24) is 20.5 Å². The van der Waals surface area contributed by atoms with Crippen LogP contribution >= 0.6 is 24.0 Å². The van der Waals surface area contributed by atoms with Crippen LogP contribution in [0.25, 0.3) is 0 Å². The molecule has 1 aromatic rings. The van der Waals surface area contributed by atoms with Crippen molar-refractivity contribution in [2.75, 3.05) is 26.7 Å². The first-order chi connectivity index (χ1) is 12.6. The number of piperidine rings is 1. The van der Waals surface area contributed by atoms with Crippen LogP contribution in [0.5, 0.6) is 0 Å². The van der Waals surface area contributed by atoms with Gasteiger partial charge >= 0.3 is 0 Å². The maximum Gasteiger partial charge on any atom is 0.214 e. The largest absolute Gasteiger partial charge is 0.444 e. The Kier molecular flexibility index (Phi) is 8.85. The van der Waals surface area contributed by atoms with Gasteiger partial charge in [0.15, 0.2) is 5.96 Å². The molecule has 2 N–H and O–H groups in total. The van der Waals surface area contributed by atoms with E-state index in [-0.39, 0.29) is 24.0 Å². The van der Waals surface area contributed by atoms with Gasteiger partial charge in [0.05, 0.1) is 12.2 Å². The fraction of sp³-hybridized carbons (Fsp3) is 0.800. The van der Waals surface area contributed by atoms with Crippen molar-refractivity contribution >= 4 is 29.9 Å². The summed E-state index contributed by atoms with van der Waals surface area (Å²) in [5.74, 6) is 2.43. The summed E-state index contributed by atoms with van der Waals surface area (Å²) in [7, 11) is 1.83. The number of likely N-dealkylation sites (tertiary alicyclic amines) is 1. The molecule has 1 saturated heterocycles. The number of nitrogens with one attached hydrogen (secondary N) is 2. The van der Waals surface area contributed by atoms with Gasteiger partial charge in [0.25, 0.3) is 0 Å². The average molecular weight is 489 g/mol. The van der Waals surface area contributed by atoms with Crippen molar-refractivity contribution in [3.05, 3.63) is 17.3 Å². The zero-order valence-corrected chi connectivity index (χ0v) is 19.5. The van der Waals surface area contributed by atoms with E-state index >= 15 is 0 Å². The predicted octanol–water partition coefficient (Wildman–Crippen LogP) is 3.76. The summed E-state index contributed by atoms with van der Waals surface area (Å²) >= 11 is 0. The van der Waals surface area contributed by atoms with E-state index in [2.05, 4.69) is 25.5 Å². The SMILES string of the molecule is CN=C(NCc1nc(C)c(C)o1)NCC1(N2CCCCC2)CCCCC1.I. The van der Waals surface area contributed by atoms with Crippen LogP contribution in [0.1, 0.15) is 68.7 Å². The Morgan fingerprint density at radius 3 is 2.33 bits per heavy atom. The van der Waals surface area contributed by atoms with Crippen LogP contribution in [-0.4, -0.2) is 48.1 Å². The van der Waals surface area contributed by atoms with Crippen LogP contribution in [0, 0.1) is 13.8 Å². The van der Waals surface area contributed by atoms with Crippen molar-refractivity contribution in [2.45, 2.75) is 77.3 Å². The second-order valence-electron chi connectivity index (χ2n) is 7.86. The Morgan fingerprint density at radius 2 is 1.74 bits per heavy atom. The predicted molar refractivity (Wildman–Crippen MR) is 121 cm³/mol. The third-order valence-corrected chi connectivity index (χ3v) is 6.10. The van der Waals surface area contributed by atoms with Gasteiger partial charge in [-0.3, -0.25) is 9.89 Å². The molecule has 27 heavy (non-hydrogen) atoms. The van der Waals surface area contributed by atoms with Crippen molar-refractivity contribution in [3.63, 3.8) is 0 Å². The minimum Gasteiger partial charge on any atom is -0.444 e. The van der Waals surface area contributed by atoms with Crippen molar-refractivity contribution < 1.29 is 4.42 Å². The smallest absolute Gasteiger partial charge is 0.214 e. The molecule has 0 bridgehead atoms. The van der Waals surface area contributed by atoms with Crippen LogP contribution in [0.4, 0.5) is 0 Å². The number of hydrogen-bond donors (Lipinski definition) is 2. The molecule has 0 radical (unpaired) electrons. The van der Waals surface area contributed by atoms with Gasteiger partial charge in [-0.1, -0.05) is 25.7 Å². The number of guanidine groups is 1. The lowest BCUT2D eigenvalue weighted by Gasteiger charge is -2.48. The van der Waals surface area contributed by atoms with Gasteiger partial charge < -0.3 is 15.1 Å². The van der Waals surface area contributed by atoms with E-state index in [0.29, 0.717) is 18.0 Å². The van der Waals surface area contributed by atoms with E-state index in [1.165, 1.54) is 64.5 Å². The summed E-state index contributed by atoms with van der Waals surface area (Å²) in [6.07, 6.45) is 10.8. The number of aliphatic imine (C=N–C) groups is 1. The van der Waals surface area contributed by atoms with Crippen molar-refractivity contribution in [1.29, 1.82) is 0 Å². The van der Waals surface area contributed by atoms with Crippen molar-refractivity contribution in [2.24, 2.45) is 4.99 Å². The molecule has 0 atom stereocenters. The molecular formula is C20H36IN5O. The van der Waals surface area contributed by atoms with Gasteiger partial charge in [-0.2, -0.15) is 0 Å². The number of hydrogen-bond acceptors (Lipinski definition) is 4. The molecule has 0 amide bonds. The monoisotopic (exact) mass is 489 g/mol. The van der Waals surface area contributed by atoms with Crippen LogP contribution in [0.15, 0.2) is 9.41 Å². The third-order valence-electron chi connectivity index (χ3n) is 6.10. The number of aromatic nitrogens is 1. The first kappa shape index (κ1) is 22.5. The minimum absolute atomic E-state index is 0. The molecule has 0 spiro atoms. The highest BCUT2D eigenvalue weighted by Gasteiger charge is 2.38. The Hall–Kier alpha value is -0.830. The molecule has 0 unspecified atom stereocenters. The Balaban J connectivity index is 0.00000261. The second-order valence-corrected chi connectivity index (χ2v) is 7.86. The summed E-state index contributed by atoms with van der Waals surface area (Å²) in [6, 6.07) is 0. The van der Waals surface area contributed by atoms with Gasteiger partial charge in [0.1, 0.15) is 5.76 Å². The molecule has 3 rings (SSSR count). The molecule has 0 aromatic carbocycles. The van der Waals surface area contributed by atoms with E-state index < -0.39 is 0 Å². The number of nitrogens with zero attached hydrogens (tertiary/aromatic N) is 3. The first-order valence-electron chi connectivity index (χ1n) is 10.3. The average Bonchev–Trinajstić information content (AvgIpc) is 3.01. The quantitative estimate of drug-likeness (QED) is 0.375. The molecule has 2 fully saturated rings. The van der Waals surface area contributed by atoms with Crippen LogP contribution in [-0.2, 0) is 6.54 Å². The fourth-order valence-corrected chi connectivity index (χ4v) is 4.43. The molecule has 2 aliphatic rings. The highest BCUT2D eigenvalue weighted by Crippen LogP contribution is 2.35. The van der Waals surface area contributed by atoms with Gasteiger partial charge in [0.2, 0.25) is 5.89 Å². The first-order valence-corrected chi connectivity index (χ1v) is 10.3. The van der Waals surface area contributed by atoms with Gasteiger partial charge in [0, 0.05) is 19.1 Å². The lowest BCUT2D eigenvalue weighted by molar-refractivity contribution is 0.0368. The van der Waals surface area contributed by atoms with Crippen molar-refractivity contribution in [3.8, 4) is 0 Å². The molecule has 7 heteroatoms. The van der Waals surface area contributed by atoms with Gasteiger partial charge in [-0.15, -0.1) is 24.0 Å². The minimum atomic E-state index is 0. The van der Waals surface area contributed by atoms with Crippen LogP contribution < -0.4 is 10.6 Å². The van der Waals surface area contributed by atoms with Crippen LogP contribution in [0.3, 0.4) is 0 Å². The summed E-state index contributed by atoms with van der Waals surface area (Å²) in [5, 5.41) is 6.95. The molecule has 2 heterocycles. The maximum absolute atomic E-state index is 5.65. The molecule has 1 aromatic heterocycles. The van der Waals surface area contributed by atoms with E-state index in [1.54, 1.807) is 0 Å². The third kappa shape index (κ3) is 5.82. The Morgan fingerprint density at radius 1 is 1.07 bits per heavy atom. The molecule has 1 aliphatic carbocycles. The lowest BCUT2D eigenvalue weighted by atomic mass is 9.79. The molecule has 154 valence electrons. The molecular weight excluding hydrogens is 453 g/mol. The maximum atomic E-state index is 5.65. The van der Waals surface area contributed by atoms with Gasteiger partial charge in [-0.05, 0) is 52.6 Å². The summed E-state index contributed by atoms with van der Waals surface area (Å²) in [4.78, 5) is 11.6. The lowest BCUT2D eigenvalue weighted by Crippen LogP contribution is -2.59. The van der Waals surface area contributed by atoms with Gasteiger partial charge in [-0.25, -0.2) is 4.98 Å². The zero-order chi connectivity index (χ0) is 18.4. The zero-order valence-electron chi connectivity index (χ0n) is 17.1. The number of halogens is 1. The van der Waals surface area contributed by atoms with Crippen LogP contribution in [0.2, 0.25) is 0 Å². The molecule has 1 saturated carbocycles. The Labute approximate surface area is 181 Å². The summed E-state index contributed by atoms with van der Waals surface area (Å²) in [5.41, 5.74) is 1.25. The molecule has 1 aliphatic heterocycles. The standard InChI is InChI=1S/C20H35N5O.HI/c1-16-17(2)26-18(24-16)14-22-19(21-3)23-15-20(10-6-4-7-11-20)25-12-8-5-9-13-25;/h4-15H2,1-3H3,(H2,21,22,23);1H. The van der Waals surface area contributed by atoms with E-state index in [1.807, 2.05) is 20.9 Å². The topological polar surface area (TPSA) is 65.7 Å². The van der Waals surface area contributed by atoms with E-state index in [0.717, 1.165) is 24.0 Å². The normalized spacial score (nSPS) is 20.8. The number of oxazole rings is 1. The number of aryl methyl sites for hydroxylation is 2. The highest BCUT2D eigenvalue weighted by molar-refractivity contribution is 14.0. The number of rotatable bonds is 5. The summed E-state index contributed by atoms with van der Waals surface area (Å²) < 4.78 is 5.65. The van der Waals surface area contributed by atoms with E-state index in [9.17, 15) is 0 Å². The molecule has 6 nitrogen and oxygen atoms in total. The Bertz CT molecular complexity index is 584. The summed E-state index contributed by atoms with van der Waals surface area (Å²) in [6.45, 7) is 7.96. The highest BCUT2D eigenvalue weighted by atomic mass is 127. The fourth-order valence-electron chi connectivity index (χ4n) is 4.43. The second kappa shape index (κ2) is 10.6.